The minimum absolute atomic E-state index is 0.0744. The van der Waals surface area contributed by atoms with E-state index in [0.29, 0.717) is 18.0 Å². The molecule has 0 aromatic carbocycles. The molecule has 0 spiro atoms. The first-order valence-electron chi connectivity index (χ1n) is 4.58. The Labute approximate surface area is 68.4 Å². The zero-order valence-corrected chi connectivity index (χ0v) is 7.25. The maximum atomic E-state index is 5.72. The van der Waals surface area contributed by atoms with Crippen LogP contribution in [0.4, 0.5) is 0 Å². The Morgan fingerprint density at radius 1 is 1.18 bits per heavy atom. The molecule has 2 nitrogen and oxygen atoms in total. The molecule has 2 rings (SSSR count). The van der Waals surface area contributed by atoms with Crippen LogP contribution < -0.4 is 0 Å². The largest absolute Gasteiger partial charge is 0.460 e. The van der Waals surface area contributed by atoms with Gasteiger partial charge >= 0.3 is 7.12 Å². The van der Waals surface area contributed by atoms with Crippen LogP contribution in [0.1, 0.15) is 33.1 Å². The SMILES string of the molecule is CC(C)B1OC2CCCC2O1. The lowest BCUT2D eigenvalue weighted by atomic mass is 9.75. The van der Waals surface area contributed by atoms with Gasteiger partial charge in [-0.25, -0.2) is 0 Å². The van der Waals surface area contributed by atoms with Gasteiger partial charge in [-0.05, 0) is 25.1 Å². The van der Waals surface area contributed by atoms with Crippen LogP contribution in [-0.2, 0) is 9.31 Å². The van der Waals surface area contributed by atoms with Gasteiger partial charge in [0.2, 0.25) is 0 Å². The average Bonchev–Trinajstić information content (AvgIpc) is 2.40. The standard InChI is InChI=1S/C8H15BO2/c1-6(2)9-10-7-4-3-5-8(7)11-9/h6-8H,3-5H2,1-2H3. The van der Waals surface area contributed by atoms with E-state index in [4.69, 9.17) is 9.31 Å². The minimum Gasteiger partial charge on any atom is -0.406 e. The van der Waals surface area contributed by atoms with E-state index in [2.05, 4.69) is 13.8 Å². The summed E-state index contributed by atoms with van der Waals surface area (Å²) in [5.41, 5.74) is 0. The summed E-state index contributed by atoms with van der Waals surface area (Å²) in [4.78, 5) is 0. The average molecular weight is 154 g/mol. The van der Waals surface area contributed by atoms with Crippen LogP contribution >= 0.6 is 0 Å². The molecule has 0 radical (unpaired) electrons. The van der Waals surface area contributed by atoms with E-state index in [1.807, 2.05) is 0 Å². The van der Waals surface area contributed by atoms with E-state index < -0.39 is 0 Å². The van der Waals surface area contributed by atoms with E-state index in [1.54, 1.807) is 0 Å². The van der Waals surface area contributed by atoms with Gasteiger partial charge in [-0.15, -0.1) is 0 Å². The Morgan fingerprint density at radius 2 is 1.73 bits per heavy atom. The third-order valence-corrected chi connectivity index (χ3v) is 2.55. The Balaban J connectivity index is 1.94. The Kier molecular flexibility index (Phi) is 1.94. The molecule has 2 atom stereocenters. The first kappa shape index (κ1) is 7.62. The maximum Gasteiger partial charge on any atom is 0.460 e. The lowest BCUT2D eigenvalue weighted by molar-refractivity contribution is 0.187. The van der Waals surface area contributed by atoms with Crippen molar-refractivity contribution in [3.8, 4) is 0 Å². The molecular formula is C8H15BO2. The molecule has 2 aliphatic rings. The third-order valence-electron chi connectivity index (χ3n) is 2.55. The highest BCUT2D eigenvalue weighted by Gasteiger charge is 2.43. The fourth-order valence-electron chi connectivity index (χ4n) is 1.89. The van der Waals surface area contributed by atoms with Crippen LogP contribution in [0, 0.1) is 0 Å². The summed E-state index contributed by atoms with van der Waals surface area (Å²) in [5, 5.41) is 0. The highest BCUT2D eigenvalue weighted by atomic mass is 16.7. The first-order chi connectivity index (χ1) is 5.27. The van der Waals surface area contributed by atoms with Gasteiger partial charge < -0.3 is 9.31 Å². The van der Waals surface area contributed by atoms with Gasteiger partial charge in [0.1, 0.15) is 0 Å². The molecule has 11 heavy (non-hydrogen) atoms. The molecule has 62 valence electrons. The molecule has 1 saturated heterocycles. The lowest BCUT2D eigenvalue weighted by Crippen LogP contribution is -2.20. The monoisotopic (exact) mass is 154 g/mol. The number of hydrogen-bond donors (Lipinski definition) is 0. The van der Waals surface area contributed by atoms with Gasteiger partial charge in [0.05, 0.1) is 12.2 Å². The second-order valence-electron chi connectivity index (χ2n) is 3.89. The molecule has 1 heterocycles. The molecule has 0 amide bonds. The normalized spacial score (nSPS) is 36.8. The first-order valence-corrected chi connectivity index (χ1v) is 4.58. The molecule has 2 unspecified atom stereocenters. The summed E-state index contributed by atoms with van der Waals surface area (Å²) in [6.45, 7) is 4.29. The maximum absolute atomic E-state index is 5.72. The van der Waals surface area contributed by atoms with Gasteiger partial charge in [0.25, 0.3) is 0 Å². The Hall–Kier alpha value is -0.0151. The lowest BCUT2D eigenvalue weighted by Gasteiger charge is -2.09. The molecule has 2 fully saturated rings. The summed E-state index contributed by atoms with van der Waals surface area (Å²) >= 11 is 0. The fourth-order valence-corrected chi connectivity index (χ4v) is 1.89. The van der Waals surface area contributed by atoms with Gasteiger partial charge in [-0.2, -0.15) is 0 Å². The minimum atomic E-state index is 0.0744. The zero-order chi connectivity index (χ0) is 7.84. The summed E-state index contributed by atoms with van der Waals surface area (Å²) in [7, 11) is 0.0744. The quantitative estimate of drug-likeness (QED) is 0.536. The summed E-state index contributed by atoms with van der Waals surface area (Å²) in [5.74, 6) is 0.501. The highest BCUT2D eigenvalue weighted by Crippen LogP contribution is 2.34. The summed E-state index contributed by atoms with van der Waals surface area (Å²) in [6, 6.07) is 0. The topological polar surface area (TPSA) is 18.5 Å². The second-order valence-corrected chi connectivity index (χ2v) is 3.89. The van der Waals surface area contributed by atoms with Crippen LogP contribution in [0.15, 0.2) is 0 Å². The number of fused-ring (bicyclic) bond motifs is 1. The molecule has 0 N–H and O–H groups in total. The van der Waals surface area contributed by atoms with Crippen LogP contribution in [0.2, 0.25) is 5.82 Å². The van der Waals surface area contributed by atoms with Crippen molar-refractivity contribution in [3.05, 3.63) is 0 Å². The van der Waals surface area contributed by atoms with E-state index in [1.165, 1.54) is 19.3 Å². The molecule has 1 saturated carbocycles. The van der Waals surface area contributed by atoms with Crippen molar-refractivity contribution < 1.29 is 9.31 Å². The van der Waals surface area contributed by atoms with Gasteiger partial charge in [-0.3, -0.25) is 0 Å². The van der Waals surface area contributed by atoms with Crippen molar-refractivity contribution in [2.24, 2.45) is 0 Å². The molecule has 0 aromatic rings. The highest BCUT2D eigenvalue weighted by molar-refractivity contribution is 6.46. The van der Waals surface area contributed by atoms with Crippen molar-refractivity contribution in [2.75, 3.05) is 0 Å². The smallest absolute Gasteiger partial charge is 0.406 e. The van der Waals surface area contributed by atoms with Crippen LogP contribution in [0.5, 0.6) is 0 Å². The van der Waals surface area contributed by atoms with Crippen molar-refractivity contribution >= 4 is 7.12 Å². The van der Waals surface area contributed by atoms with Crippen molar-refractivity contribution in [1.82, 2.24) is 0 Å². The third kappa shape index (κ3) is 1.32. The van der Waals surface area contributed by atoms with Crippen LogP contribution in [0.3, 0.4) is 0 Å². The van der Waals surface area contributed by atoms with Crippen molar-refractivity contribution in [3.63, 3.8) is 0 Å². The van der Waals surface area contributed by atoms with E-state index >= 15 is 0 Å². The molecule has 0 aromatic heterocycles. The summed E-state index contributed by atoms with van der Waals surface area (Å²) in [6.07, 6.45) is 4.52. The molecule has 1 aliphatic carbocycles. The predicted octanol–water partition coefficient (Wildman–Crippen LogP) is 1.85. The van der Waals surface area contributed by atoms with E-state index in [-0.39, 0.29) is 7.12 Å². The predicted molar refractivity (Wildman–Crippen MR) is 44.4 cm³/mol. The Bertz CT molecular complexity index is 137. The molecule has 1 aliphatic heterocycles. The zero-order valence-electron chi connectivity index (χ0n) is 7.25. The Morgan fingerprint density at radius 3 is 2.18 bits per heavy atom. The number of rotatable bonds is 1. The van der Waals surface area contributed by atoms with Crippen LogP contribution in [-0.4, -0.2) is 19.3 Å². The fraction of sp³-hybridized carbons (Fsp3) is 1.00. The van der Waals surface area contributed by atoms with Crippen molar-refractivity contribution in [1.29, 1.82) is 0 Å². The van der Waals surface area contributed by atoms with Gasteiger partial charge in [0, 0.05) is 0 Å². The summed E-state index contributed by atoms with van der Waals surface area (Å²) < 4.78 is 11.4. The number of hydrogen-bond acceptors (Lipinski definition) is 2. The molecule has 0 bridgehead atoms. The van der Waals surface area contributed by atoms with Crippen LogP contribution in [0.25, 0.3) is 0 Å². The van der Waals surface area contributed by atoms with Gasteiger partial charge in [0.15, 0.2) is 0 Å². The molecular weight excluding hydrogens is 139 g/mol. The molecule has 3 heteroatoms. The van der Waals surface area contributed by atoms with E-state index in [9.17, 15) is 0 Å². The van der Waals surface area contributed by atoms with Gasteiger partial charge in [-0.1, -0.05) is 13.8 Å². The van der Waals surface area contributed by atoms with E-state index in [0.717, 1.165) is 0 Å². The van der Waals surface area contributed by atoms with Crippen molar-refractivity contribution in [2.45, 2.75) is 51.1 Å². The second kappa shape index (κ2) is 2.79.